The van der Waals surface area contributed by atoms with Crippen molar-refractivity contribution in [3.8, 4) is 0 Å². The Morgan fingerprint density at radius 2 is 2.05 bits per heavy atom. The van der Waals surface area contributed by atoms with Crippen molar-refractivity contribution in [2.24, 2.45) is 11.7 Å². The van der Waals surface area contributed by atoms with Gasteiger partial charge in [0.05, 0.1) is 5.56 Å². The standard InChI is InChI=1S/C14H17F3N2O/c15-14(16,17)12-7-11(5-4-10(12)8-18)19-13(20)6-9-2-1-3-9/h4-5,7,9H,1-3,6,8,18H2,(H,19,20). The Balaban J connectivity index is 2.10. The molecule has 3 N–H and O–H groups in total. The highest BCUT2D eigenvalue weighted by molar-refractivity contribution is 5.91. The van der Waals surface area contributed by atoms with Crippen molar-refractivity contribution in [3.63, 3.8) is 0 Å². The second-order valence-electron chi connectivity index (χ2n) is 5.12. The van der Waals surface area contributed by atoms with E-state index in [1.807, 2.05) is 0 Å². The van der Waals surface area contributed by atoms with E-state index in [4.69, 9.17) is 5.73 Å². The summed E-state index contributed by atoms with van der Waals surface area (Å²) >= 11 is 0. The number of benzene rings is 1. The third kappa shape index (κ3) is 3.50. The molecule has 1 aliphatic carbocycles. The van der Waals surface area contributed by atoms with Crippen LogP contribution >= 0.6 is 0 Å². The fourth-order valence-electron chi connectivity index (χ4n) is 2.27. The maximum absolute atomic E-state index is 12.9. The Morgan fingerprint density at radius 3 is 2.55 bits per heavy atom. The number of nitrogens with one attached hydrogen (secondary N) is 1. The van der Waals surface area contributed by atoms with Crippen LogP contribution in [-0.2, 0) is 17.5 Å². The van der Waals surface area contributed by atoms with E-state index in [-0.39, 0.29) is 23.7 Å². The zero-order chi connectivity index (χ0) is 14.8. The minimum Gasteiger partial charge on any atom is -0.326 e. The van der Waals surface area contributed by atoms with E-state index in [9.17, 15) is 18.0 Å². The highest BCUT2D eigenvalue weighted by Crippen LogP contribution is 2.34. The monoisotopic (exact) mass is 286 g/mol. The Bertz CT molecular complexity index is 496. The number of alkyl halides is 3. The SMILES string of the molecule is NCc1ccc(NC(=O)CC2CCC2)cc1C(F)(F)F. The third-order valence-corrected chi connectivity index (χ3v) is 3.62. The molecule has 3 nitrogen and oxygen atoms in total. The van der Waals surface area contributed by atoms with E-state index in [0.29, 0.717) is 12.3 Å². The summed E-state index contributed by atoms with van der Waals surface area (Å²) in [5, 5.41) is 2.53. The summed E-state index contributed by atoms with van der Waals surface area (Å²) in [7, 11) is 0. The number of rotatable bonds is 4. The van der Waals surface area contributed by atoms with Gasteiger partial charge in [-0.15, -0.1) is 0 Å². The number of hydrogen-bond donors (Lipinski definition) is 2. The molecular formula is C14H17F3N2O. The first kappa shape index (κ1) is 14.8. The number of hydrogen-bond acceptors (Lipinski definition) is 2. The molecule has 1 aromatic carbocycles. The molecule has 0 radical (unpaired) electrons. The second-order valence-corrected chi connectivity index (χ2v) is 5.12. The number of halogens is 3. The molecule has 2 rings (SSSR count). The molecule has 0 bridgehead atoms. The molecule has 0 aliphatic heterocycles. The van der Waals surface area contributed by atoms with Gasteiger partial charge in [-0.1, -0.05) is 12.5 Å². The molecular weight excluding hydrogens is 269 g/mol. The summed E-state index contributed by atoms with van der Waals surface area (Å²) in [5.41, 5.74) is 4.70. The normalized spacial score (nSPS) is 15.8. The van der Waals surface area contributed by atoms with Crippen molar-refractivity contribution in [3.05, 3.63) is 29.3 Å². The number of anilines is 1. The lowest BCUT2D eigenvalue weighted by Crippen LogP contribution is -2.21. The zero-order valence-electron chi connectivity index (χ0n) is 11.0. The summed E-state index contributed by atoms with van der Waals surface area (Å²) in [6.07, 6.45) is -0.925. The highest BCUT2D eigenvalue weighted by atomic mass is 19.4. The molecule has 0 atom stereocenters. The molecule has 0 saturated heterocycles. The Morgan fingerprint density at radius 1 is 1.35 bits per heavy atom. The zero-order valence-corrected chi connectivity index (χ0v) is 11.0. The van der Waals surface area contributed by atoms with Crippen molar-refractivity contribution in [2.45, 2.75) is 38.4 Å². The van der Waals surface area contributed by atoms with E-state index in [1.54, 1.807) is 0 Å². The van der Waals surface area contributed by atoms with Crippen molar-refractivity contribution < 1.29 is 18.0 Å². The number of carbonyl (C=O) groups is 1. The average molecular weight is 286 g/mol. The van der Waals surface area contributed by atoms with Gasteiger partial charge in [-0.3, -0.25) is 4.79 Å². The van der Waals surface area contributed by atoms with Crippen LogP contribution in [0.15, 0.2) is 18.2 Å². The van der Waals surface area contributed by atoms with Crippen molar-refractivity contribution in [1.82, 2.24) is 0 Å². The lowest BCUT2D eigenvalue weighted by Gasteiger charge is -2.24. The quantitative estimate of drug-likeness (QED) is 0.892. The summed E-state index contributed by atoms with van der Waals surface area (Å²) in [6, 6.07) is 3.71. The number of carbonyl (C=O) groups excluding carboxylic acids is 1. The third-order valence-electron chi connectivity index (χ3n) is 3.62. The maximum atomic E-state index is 12.9. The predicted octanol–water partition coefficient (Wildman–Crippen LogP) is 3.29. The minimum absolute atomic E-state index is 0.0227. The molecule has 110 valence electrons. The van der Waals surface area contributed by atoms with Crippen LogP contribution in [0, 0.1) is 5.92 Å². The van der Waals surface area contributed by atoms with Crippen LogP contribution in [0.2, 0.25) is 0 Å². The van der Waals surface area contributed by atoms with Gasteiger partial charge in [0.2, 0.25) is 5.91 Å². The number of nitrogens with two attached hydrogens (primary N) is 1. The first-order valence-corrected chi connectivity index (χ1v) is 6.60. The topological polar surface area (TPSA) is 55.1 Å². The molecule has 1 aromatic rings. The van der Waals surface area contributed by atoms with Gasteiger partial charge < -0.3 is 11.1 Å². The first-order chi connectivity index (χ1) is 9.40. The predicted molar refractivity (Wildman–Crippen MR) is 69.9 cm³/mol. The molecule has 0 heterocycles. The van der Waals surface area contributed by atoms with E-state index < -0.39 is 11.7 Å². The molecule has 1 fully saturated rings. The average Bonchev–Trinajstić information content (AvgIpc) is 2.33. The van der Waals surface area contributed by atoms with Crippen molar-refractivity contribution in [2.75, 3.05) is 5.32 Å². The number of amides is 1. The van der Waals surface area contributed by atoms with E-state index in [2.05, 4.69) is 5.32 Å². The molecule has 1 amide bonds. The summed E-state index contributed by atoms with van der Waals surface area (Å²) in [4.78, 5) is 11.7. The van der Waals surface area contributed by atoms with Gasteiger partial charge in [0.1, 0.15) is 0 Å². The summed E-state index contributed by atoms with van der Waals surface area (Å²) in [5.74, 6) is 0.142. The van der Waals surface area contributed by atoms with E-state index in [1.165, 1.54) is 12.1 Å². The van der Waals surface area contributed by atoms with Gasteiger partial charge in [0, 0.05) is 18.7 Å². The maximum Gasteiger partial charge on any atom is 0.416 e. The first-order valence-electron chi connectivity index (χ1n) is 6.60. The minimum atomic E-state index is -4.47. The molecule has 0 spiro atoms. The van der Waals surface area contributed by atoms with Crippen LogP contribution in [0.25, 0.3) is 0 Å². The van der Waals surface area contributed by atoms with Crippen molar-refractivity contribution in [1.29, 1.82) is 0 Å². The lowest BCUT2D eigenvalue weighted by atomic mass is 9.83. The largest absolute Gasteiger partial charge is 0.416 e. The molecule has 1 aliphatic rings. The molecule has 20 heavy (non-hydrogen) atoms. The van der Waals surface area contributed by atoms with Gasteiger partial charge in [-0.25, -0.2) is 0 Å². The second kappa shape index (κ2) is 5.83. The van der Waals surface area contributed by atoms with Crippen molar-refractivity contribution >= 4 is 11.6 Å². The fraction of sp³-hybridized carbons (Fsp3) is 0.500. The van der Waals surface area contributed by atoms with E-state index >= 15 is 0 Å². The van der Waals surface area contributed by atoms with Crippen LogP contribution in [0.4, 0.5) is 18.9 Å². The highest BCUT2D eigenvalue weighted by Gasteiger charge is 2.33. The Hall–Kier alpha value is -1.56. The fourth-order valence-corrected chi connectivity index (χ4v) is 2.27. The van der Waals surface area contributed by atoms with E-state index in [0.717, 1.165) is 25.3 Å². The Labute approximate surface area is 115 Å². The van der Waals surface area contributed by atoms with Crippen LogP contribution < -0.4 is 11.1 Å². The van der Waals surface area contributed by atoms with Gasteiger partial charge in [-0.2, -0.15) is 13.2 Å². The van der Waals surface area contributed by atoms with Gasteiger partial charge in [0.25, 0.3) is 0 Å². The van der Waals surface area contributed by atoms with Crippen LogP contribution in [0.5, 0.6) is 0 Å². The van der Waals surface area contributed by atoms with Crippen LogP contribution in [0.1, 0.15) is 36.8 Å². The summed E-state index contributed by atoms with van der Waals surface area (Å²) < 4.78 is 38.6. The van der Waals surface area contributed by atoms with Gasteiger partial charge >= 0.3 is 6.18 Å². The lowest BCUT2D eigenvalue weighted by molar-refractivity contribution is -0.138. The molecule has 0 unspecified atom stereocenters. The molecule has 0 aromatic heterocycles. The van der Waals surface area contributed by atoms with Gasteiger partial charge in [-0.05, 0) is 36.5 Å². The van der Waals surface area contributed by atoms with Crippen LogP contribution in [-0.4, -0.2) is 5.91 Å². The smallest absolute Gasteiger partial charge is 0.326 e. The molecule has 6 heteroatoms. The Kier molecular flexibility index (Phi) is 4.32. The molecule has 1 saturated carbocycles. The van der Waals surface area contributed by atoms with Crippen LogP contribution in [0.3, 0.4) is 0 Å². The summed E-state index contributed by atoms with van der Waals surface area (Å²) in [6.45, 7) is -0.189. The van der Waals surface area contributed by atoms with Gasteiger partial charge in [0.15, 0.2) is 0 Å².